The van der Waals surface area contributed by atoms with E-state index in [0.29, 0.717) is 5.56 Å². The molecule has 2 nitrogen and oxygen atoms in total. The lowest BCUT2D eigenvalue weighted by atomic mass is 10.1. The van der Waals surface area contributed by atoms with Gasteiger partial charge in [0, 0.05) is 5.56 Å². The first-order chi connectivity index (χ1) is 5.25. The minimum atomic E-state index is -0.233. The summed E-state index contributed by atoms with van der Waals surface area (Å²) < 4.78 is 0. The Labute approximate surface area is 65.4 Å². The van der Waals surface area contributed by atoms with E-state index >= 15 is 0 Å². The second-order valence-electron chi connectivity index (χ2n) is 2.32. The van der Waals surface area contributed by atoms with Crippen LogP contribution < -0.4 is 0 Å². The number of Topliss-reactive ketones (excluding diaryl/α,β-unsaturated/α-hetero) is 1. The van der Waals surface area contributed by atoms with E-state index in [2.05, 4.69) is 0 Å². The molecule has 56 valence electrons. The van der Waals surface area contributed by atoms with Crippen LogP contribution in [0.4, 0.5) is 0 Å². The van der Waals surface area contributed by atoms with Gasteiger partial charge in [-0.2, -0.15) is 0 Å². The highest BCUT2D eigenvalue weighted by Crippen LogP contribution is 2.05. The average Bonchev–Trinajstić information content (AvgIpc) is 2.04. The summed E-state index contributed by atoms with van der Waals surface area (Å²) in [5.74, 6) is -0.233. The zero-order valence-corrected chi connectivity index (χ0v) is 6.29. The number of ketones is 1. The van der Waals surface area contributed by atoms with Crippen molar-refractivity contribution in [1.82, 2.24) is 0 Å². The van der Waals surface area contributed by atoms with E-state index in [4.69, 9.17) is 5.41 Å². The summed E-state index contributed by atoms with van der Waals surface area (Å²) in [6, 6.07) is 7.25. The molecule has 11 heavy (non-hydrogen) atoms. The molecule has 0 aliphatic carbocycles. The van der Waals surface area contributed by atoms with Crippen molar-refractivity contribution >= 4 is 12.0 Å². The summed E-state index contributed by atoms with van der Waals surface area (Å²) in [4.78, 5) is 11.0. The minimum absolute atomic E-state index is 0.233. The van der Waals surface area contributed by atoms with Crippen LogP contribution in [-0.2, 0) is 0 Å². The Morgan fingerprint density at radius 2 is 2.09 bits per heavy atom. The Balaban J connectivity index is 3.13. The molecule has 1 rings (SSSR count). The molecule has 0 heterocycles. The van der Waals surface area contributed by atoms with Crippen molar-refractivity contribution in [3.05, 3.63) is 35.4 Å². The maximum atomic E-state index is 11.0. The van der Waals surface area contributed by atoms with Gasteiger partial charge in [-0.15, -0.1) is 0 Å². The second-order valence-corrected chi connectivity index (χ2v) is 2.32. The molecule has 0 saturated heterocycles. The van der Waals surface area contributed by atoms with Gasteiger partial charge in [-0.3, -0.25) is 4.79 Å². The van der Waals surface area contributed by atoms with Crippen molar-refractivity contribution in [3.63, 3.8) is 0 Å². The van der Waals surface area contributed by atoms with Gasteiger partial charge in [0.2, 0.25) is 5.78 Å². The van der Waals surface area contributed by atoms with Crippen molar-refractivity contribution in [2.75, 3.05) is 0 Å². The van der Waals surface area contributed by atoms with Gasteiger partial charge >= 0.3 is 0 Å². The van der Waals surface area contributed by atoms with Crippen molar-refractivity contribution in [1.29, 1.82) is 5.41 Å². The first kappa shape index (κ1) is 7.66. The molecule has 0 amide bonds. The Kier molecular flexibility index (Phi) is 2.16. The SMILES string of the molecule is Cc1ccccc1C(=O)C=N. The predicted octanol–water partition coefficient (Wildman–Crippen LogP) is 1.83. The van der Waals surface area contributed by atoms with Gasteiger partial charge in [0.05, 0.1) is 6.21 Å². The molecule has 0 atom stereocenters. The summed E-state index contributed by atoms with van der Waals surface area (Å²) in [5, 5.41) is 6.77. The van der Waals surface area contributed by atoms with Gasteiger partial charge in [0.15, 0.2) is 0 Å². The summed E-state index contributed by atoms with van der Waals surface area (Å²) in [6.07, 6.45) is 0.836. The largest absolute Gasteiger partial charge is 0.305 e. The molecular formula is C9H9NO. The highest BCUT2D eigenvalue weighted by molar-refractivity contribution is 6.34. The first-order valence-electron chi connectivity index (χ1n) is 3.36. The Hall–Kier alpha value is -1.44. The summed E-state index contributed by atoms with van der Waals surface area (Å²) in [7, 11) is 0. The summed E-state index contributed by atoms with van der Waals surface area (Å²) in [5.41, 5.74) is 1.53. The fourth-order valence-electron chi connectivity index (χ4n) is 0.927. The fourth-order valence-corrected chi connectivity index (χ4v) is 0.927. The zero-order chi connectivity index (χ0) is 8.27. The normalized spacial score (nSPS) is 9.18. The molecule has 0 radical (unpaired) electrons. The maximum absolute atomic E-state index is 11.0. The number of hydrogen-bond donors (Lipinski definition) is 1. The number of carbonyl (C=O) groups is 1. The smallest absolute Gasteiger partial charge is 0.203 e. The Morgan fingerprint density at radius 1 is 1.45 bits per heavy atom. The van der Waals surface area contributed by atoms with E-state index < -0.39 is 0 Å². The van der Waals surface area contributed by atoms with E-state index in [-0.39, 0.29) is 5.78 Å². The van der Waals surface area contributed by atoms with Crippen molar-refractivity contribution in [3.8, 4) is 0 Å². The van der Waals surface area contributed by atoms with Gasteiger partial charge in [0.25, 0.3) is 0 Å². The average molecular weight is 147 g/mol. The molecule has 0 aromatic heterocycles. The summed E-state index contributed by atoms with van der Waals surface area (Å²) >= 11 is 0. The number of benzene rings is 1. The van der Waals surface area contributed by atoms with Crippen LogP contribution in [-0.4, -0.2) is 12.0 Å². The van der Waals surface area contributed by atoms with Crippen LogP contribution in [0.2, 0.25) is 0 Å². The van der Waals surface area contributed by atoms with E-state index in [1.807, 2.05) is 19.1 Å². The number of carbonyl (C=O) groups excluding carboxylic acids is 1. The van der Waals surface area contributed by atoms with Gasteiger partial charge in [-0.05, 0) is 12.5 Å². The van der Waals surface area contributed by atoms with Crippen molar-refractivity contribution in [2.24, 2.45) is 0 Å². The lowest BCUT2D eigenvalue weighted by Crippen LogP contribution is -2.01. The quantitative estimate of drug-likeness (QED) is 0.503. The monoisotopic (exact) mass is 147 g/mol. The van der Waals surface area contributed by atoms with Gasteiger partial charge < -0.3 is 5.41 Å². The molecule has 1 aromatic rings. The topological polar surface area (TPSA) is 40.9 Å². The molecule has 0 aliphatic heterocycles. The van der Waals surface area contributed by atoms with Crippen LogP contribution in [0.1, 0.15) is 15.9 Å². The van der Waals surface area contributed by atoms with Crippen LogP contribution in [0, 0.1) is 12.3 Å². The van der Waals surface area contributed by atoms with Gasteiger partial charge in [-0.25, -0.2) is 0 Å². The third-order valence-electron chi connectivity index (χ3n) is 1.54. The van der Waals surface area contributed by atoms with Crippen LogP contribution >= 0.6 is 0 Å². The Bertz CT molecular complexity index is 291. The predicted molar refractivity (Wildman–Crippen MR) is 44.3 cm³/mol. The van der Waals surface area contributed by atoms with E-state index in [1.54, 1.807) is 12.1 Å². The van der Waals surface area contributed by atoms with Gasteiger partial charge in [0.1, 0.15) is 0 Å². The maximum Gasteiger partial charge on any atom is 0.203 e. The second kappa shape index (κ2) is 3.10. The van der Waals surface area contributed by atoms with Crippen LogP contribution in [0.25, 0.3) is 0 Å². The van der Waals surface area contributed by atoms with Crippen LogP contribution in [0.15, 0.2) is 24.3 Å². The number of aryl methyl sites for hydroxylation is 1. The fraction of sp³-hybridized carbons (Fsp3) is 0.111. The van der Waals surface area contributed by atoms with E-state index in [1.165, 1.54) is 0 Å². The summed E-state index contributed by atoms with van der Waals surface area (Å²) in [6.45, 7) is 1.86. The van der Waals surface area contributed by atoms with Gasteiger partial charge in [-0.1, -0.05) is 24.3 Å². The van der Waals surface area contributed by atoms with Crippen molar-refractivity contribution in [2.45, 2.75) is 6.92 Å². The molecule has 0 aliphatic rings. The van der Waals surface area contributed by atoms with Crippen molar-refractivity contribution < 1.29 is 4.79 Å². The molecule has 2 heteroatoms. The van der Waals surface area contributed by atoms with E-state index in [9.17, 15) is 4.79 Å². The molecule has 0 spiro atoms. The lowest BCUT2D eigenvalue weighted by Gasteiger charge is -1.97. The lowest BCUT2D eigenvalue weighted by molar-refractivity contribution is 0.106. The number of rotatable bonds is 2. The van der Waals surface area contributed by atoms with E-state index in [0.717, 1.165) is 11.8 Å². The Morgan fingerprint density at radius 3 is 2.64 bits per heavy atom. The third kappa shape index (κ3) is 1.52. The molecule has 0 saturated carbocycles. The first-order valence-corrected chi connectivity index (χ1v) is 3.36. The molecule has 1 aromatic carbocycles. The molecular weight excluding hydrogens is 138 g/mol. The number of nitrogens with one attached hydrogen (secondary N) is 1. The highest BCUT2D eigenvalue weighted by Gasteiger charge is 2.02. The van der Waals surface area contributed by atoms with Crippen LogP contribution in [0.3, 0.4) is 0 Å². The highest BCUT2D eigenvalue weighted by atomic mass is 16.1. The van der Waals surface area contributed by atoms with Crippen LogP contribution in [0.5, 0.6) is 0 Å². The molecule has 0 bridgehead atoms. The molecule has 0 fully saturated rings. The number of hydrogen-bond acceptors (Lipinski definition) is 2. The third-order valence-corrected chi connectivity index (χ3v) is 1.54. The molecule has 0 unspecified atom stereocenters. The zero-order valence-electron chi connectivity index (χ0n) is 6.29. The standard InChI is InChI=1S/C9H9NO/c1-7-4-2-3-5-8(7)9(11)6-10/h2-6,10H,1H3. The minimum Gasteiger partial charge on any atom is -0.305 e. The molecule has 1 N–H and O–H groups in total.